The minimum absolute atomic E-state index is 0.00290. The van der Waals surface area contributed by atoms with Crippen LogP contribution < -0.4 is 10.1 Å². The number of nitro benzene ring substituents is 1. The highest BCUT2D eigenvalue weighted by Gasteiger charge is 2.38. The summed E-state index contributed by atoms with van der Waals surface area (Å²) in [5.74, 6) is -0.377. The number of fused-ring (bicyclic) bond motifs is 1. The molecule has 1 saturated carbocycles. The van der Waals surface area contributed by atoms with E-state index in [0.29, 0.717) is 11.6 Å². The highest BCUT2D eigenvalue weighted by atomic mass is 19.1. The van der Waals surface area contributed by atoms with Crippen molar-refractivity contribution in [3.8, 4) is 5.75 Å². The van der Waals surface area contributed by atoms with Crippen molar-refractivity contribution in [3.63, 3.8) is 0 Å². The van der Waals surface area contributed by atoms with E-state index in [-0.39, 0.29) is 23.6 Å². The Morgan fingerprint density at radius 2 is 2.23 bits per heavy atom. The first-order valence-electron chi connectivity index (χ1n) is 7.50. The SMILES string of the molecule is COc1cc(NC2CCCC3OCCC23)c([N+](=O)[O-])cc1F. The molecule has 0 amide bonds. The second-order valence-electron chi connectivity index (χ2n) is 5.80. The number of methoxy groups -OCH3 is 1. The molecular formula is C15H19FN2O4. The second kappa shape index (κ2) is 6.08. The Morgan fingerprint density at radius 3 is 2.95 bits per heavy atom. The van der Waals surface area contributed by atoms with Crippen LogP contribution >= 0.6 is 0 Å². The molecule has 1 aromatic carbocycles. The van der Waals surface area contributed by atoms with Crippen LogP contribution in [0, 0.1) is 21.8 Å². The second-order valence-corrected chi connectivity index (χ2v) is 5.80. The normalized spacial score (nSPS) is 27.3. The maximum atomic E-state index is 13.7. The Kier molecular flexibility index (Phi) is 4.15. The number of benzene rings is 1. The van der Waals surface area contributed by atoms with Crippen LogP contribution in [0.1, 0.15) is 25.7 Å². The van der Waals surface area contributed by atoms with Gasteiger partial charge in [-0.25, -0.2) is 4.39 Å². The van der Waals surface area contributed by atoms with Crippen molar-refractivity contribution in [2.75, 3.05) is 19.0 Å². The van der Waals surface area contributed by atoms with Gasteiger partial charge in [-0.15, -0.1) is 0 Å². The predicted octanol–water partition coefficient (Wildman–Crippen LogP) is 3.11. The van der Waals surface area contributed by atoms with Crippen molar-refractivity contribution in [2.24, 2.45) is 5.92 Å². The number of nitrogens with zero attached hydrogens (tertiary/aromatic N) is 1. The summed E-state index contributed by atoms with van der Waals surface area (Å²) in [4.78, 5) is 10.6. The lowest BCUT2D eigenvalue weighted by molar-refractivity contribution is -0.384. The predicted molar refractivity (Wildman–Crippen MR) is 78.7 cm³/mol. The third kappa shape index (κ3) is 2.72. The lowest BCUT2D eigenvalue weighted by atomic mass is 9.81. The zero-order chi connectivity index (χ0) is 15.7. The van der Waals surface area contributed by atoms with Crippen molar-refractivity contribution in [1.82, 2.24) is 0 Å². The molecule has 1 N–H and O–H groups in total. The molecule has 7 heteroatoms. The van der Waals surface area contributed by atoms with Crippen molar-refractivity contribution in [3.05, 3.63) is 28.1 Å². The number of hydrogen-bond acceptors (Lipinski definition) is 5. The number of rotatable bonds is 4. The zero-order valence-electron chi connectivity index (χ0n) is 12.4. The van der Waals surface area contributed by atoms with Crippen molar-refractivity contribution in [2.45, 2.75) is 37.8 Å². The number of hydrogen-bond donors (Lipinski definition) is 1. The van der Waals surface area contributed by atoms with Gasteiger partial charge in [0.05, 0.1) is 24.2 Å². The summed E-state index contributed by atoms with van der Waals surface area (Å²) in [6.45, 7) is 0.738. The molecule has 3 atom stereocenters. The Balaban J connectivity index is 1.88. The van der Waals surface area contributed by atoms with E-state index in [2.05, 4.69) is 5.32 Å². The molecule has 1 aromatic rings. The zero-order valence-corrected chi connectivity index (χ0v) is 12.4. The average molecular weight is 310 g/mol. The molecule has 2 aliphatic rings. The van der Waals surface area contributed by atoms with Crippen LogP contribution in [0.25, 0.3) is 0 Å². The van der Waals surface area contributed by atoms with Crippen LogP contribution in [0.2, 0.25) is 0 Å². The Bertz CT molecular complexity index is 581. The summed E-state index contributed by atoms with van der Waals surface area (Å²) in [5.41, 5.74) is 0.0418. The molecule has 3 rings (SSSR count). The van der Waals surface area contributed by atoms with E-state index < -0.39 is 10.7 Å². The van der Waals surface area contributed by atoms with Gasteiger partial charge in [-0.3, -0.25) is 10.1 Å². The fourth-order valence-electron chi connectivity index (χ4n) is 3.52. The van der Waals surface area contributed by atoms with Gasteiger partial charge in [0, 0.05) is 24.6 Å². The molecule has 6 nitrogen and oxygen atoms in total. The molecule has 0 aromatic heterocycles. The van der Waals surface area contributed by atoms with E-state index in [1.54, 1.807) is 0 Å². The average Bonchev–Trinajstić information content (AvgIpc) is 2.98. The minimum Gasteiger partial charge on any atom is -0.494 e. The molecule has 1 saturated heterocycles. The van der Waals surface area contributed by atoms with E-state index >= 15 is 0 Å². The van der Waals surface area contributed by atoms with Crippen LogP contribution in [-0.4, -0.2) is 30.8 Å². The summed E-state index contributed by atoms with van der Waals surface area (Å²) >= 11 is 0. The van der Waals surface area contributed by atoms with Crippen molar-refractivity contribution in [1.29, 1.82) is 0 Å². The molecule has 1 heterocycles. The van der Waals surface area contributed by atoms with Gasteiger partial charge in [-0.05, 0) is 25.7 Å². The lowest BCUT2D eigenvalue weighted by Crippen LogP contribution is -2.38. The van der Waals surface area contributed by atoms with Crippen molar-refractivity contribution < 1.29 is 18.8 Å². The third-order valence-corrected chi connectivity index (χ3v) is 4.59. The van der Waals surface area contributed by atoms with Gasteiger partial charge in [-0.1, -0.05) is 0 Å². The smallest absolute Gasteiger partial charge is 0.295 e. The van der Waals surface area contributed by atoms with E-state index in [9.17, 15) is 14.5 Å². The summed E-state index contributed by atoms with van der Waals surface area (Å²) in [6, 6.07) is 2.38. The molecule has 1 aliphatic heterocycles. The Hall–Kier alpha value is -1.89. The van der Waals surface area contributed by atoms with Crippen LogP contribution in [0.5, 0.6) is 5.75 Å². The maximum Gasteiger partial charge on any atom is 0.295 e. The van der Waals surface area contributed by atoms with Gasteiger partial charge in [0.2, 0.25) is 0 Å². The van der Waals surface area contributed by atoms with Gasteiger partial charge in [0.1, 0.15) is 5.69 Å². The van der Waals surface area contributed by atoms with Crippen LogP contribution in [0.3, 0.4) is 0 Å². The van der Waals surface area contributed by atoms with E-state index in [1.807, 2.05) is 0 Å². The summed E-state index contributed by atoms with van der Waals surface area (Å²) in [7, 11) is 1.34. The van der Waals surface area contributed by atoms with Gasteiger partial charge in [-0.2, -0.15) is 0 Å². The summed E-state index contributed by atoms with van der Waals surface area (Å²) in [5, 5.41) is 14.4. The minimum atomic E-state index is -0.731. The number of nitrogens with one attached hydrogen (secondary N) is 1. The van der Waals surface area contributed by atoms with Gasteiger partial charge in [0.15, 0.2) is 11.6 Å². The Morgan fingerprint density at radius 1 is 1.41 bits per heavy atom. The lowest BCUT2D eigenvalue weighted by Gasteiger charge is -2.33. The van der Waals surface area contributed by atoms with Gasteiger partial charge in [0.25, 0.3) is 5.69 Å². The number of halogens is 1. The topological polar surface area (TPSA) is 73.6 Å². The molecular weight excluding hydrogens is 291 g/mol. The molecule has 1 aliphatic carbocycles. The Labute approximate surface area is 127 Å². The molecule has 0 radical (unpaired) electrons. The highest BCUT2D eigenvalue weighted by Crippen LogP contribution is 2.39. The fraction of sp³-hybridized carbons (Fsp3) is 0.600. The summed E-state index contributed by atoms with van der Waals surface area (Å²) < 4.78 is 24.3. The molecule has 22 heavy (non-hydrogen) atoms. The van der Waals surface area contributed by atoms with Gasteiger partial charge >= 0.3 is 0 Å². The maximum absolute atomic E-state index is 13.7. The van der Waals surface area contributed by atoms with E-state index in [1.165, 1.54) is 13.2 Å². The van der Waals surface area contributed by atoms with Crippen LogP contribution in [0.15, 0.2) is 12.1 Å². The first-order valence-corrected chi connectivity index (χ1v) is 7.50. The first-order chi connectivity index (χ1) is 10.6. The third-order valence-electron chi connectivity index (χ3n) is 4.59. The molecule has 0 spiro atoms. The number of ether oxygens (including phenoxy) is 2. The van der Waals surface area contributed by atoms with E-state index in [0.717, 1.165) is 38.4 Å². The van der Waals surface area contributed by atoms with Crippen LogP contribution in [-0.2, 0) is 4.74 Å². The monoisotopic (exact) mass is 310 g/mol. The van der Waals surface area contributed by atoms with Gasteiger partial charge < -0.3 is 14.8 Å². The fourth-order valence-corrected chi connectivity index (χ4v) is 3.52. The number of nitro groups is 1. The van der Waals surface area contributed by atoms with Crippen molar-refractivity contribution >= 4 is 11.4 Å². The highest BCUT2D eigenvalue weighted by molar-refractivity contribution is 5.65. The molecule has 2 fully saturated rings. The quantitative estimate of drug-likeness (QED) is 0.683. The summed E-state index contributed by atoms with van der Waals surface area (Å²) in [6.07, 6.45) is 4.17. The standard InChI is InChI=1S/C15H19FN2O4/c1-21-15-8-12(13(18(19)20)7-10(15)16)17-11-3-2-4-14-9(11)5-6-22-14/h7-9,11,14,17H,2-6H2,1H3. The molecule has 0 bridgehead atoms. The largest absolute Gasteiger partial charge is 0.494 e. The molecule has 3 unspecified atom stereocenters. The molecule has 120 valence electrons. The van der Waals surface area contributed by atoms with Crippen LogP contribution in [0.4, 0.5) is 15.8 Å². The first kappa shape index (κ1) is 15.0. The number of anilines is 1. The van der Waals surface area contributed by atoms with E-state index in [4.69, 9.17) is 9.47 Å².